The highest BCUT2D eigenvalue weighted by Crippen LogP contribution is 2.39. The predicted molar refractivity (Wildman–Crippen MR) is 111 cm³/mol. The average molecular weight is 399 g/mol. The first-order valence-corrected chi connectivity index (χ1v) is 9.47. The number of carbonyl (C=O) groups excluding carboxylic acids is 1. The Kier molecular flexibility index (Phi) is 6.16. The Hall–Kier alpha value is -3.06. The highest BCUT2D eigenvalue weighted by molar-refractivity contribution is 7.23. The van der Waals surface area contributed by atoms with E-state index in [1.807, 2.05) is 24.3 Å². The Labute approximate surface area is 167 Å². The number of thiophene rings is 1. The number of ether oxygens (including phenoxy) is 4. The molecule has 0 unspecified atom stereocenters. The van der Waals surface area contributed by atoms with E-state index in [9.17, 15) is 4.79 Å². The molecule has 0 saturated heterocycles. The van der Waals surface area contributed by atoms with Crippen LogP contribution in [0.2, 0.25) is 0 Å². The minimum absolute atomic E-state index is 0.301. The fraction of sp³-hybridized carbons (Fsp3) is 0.238. The van der Waals surface area contributed by atoms with Crippen LogP contribution in [0.4, 0.5) is 5.00 Å². The molecule has 6 nitrogen and oxygen atoms in total. The Morgan fingerprint density at radius 1 is 1.04 bits per heavy atom. The number of carbonyl (C=O) groups is 1. The van der Waals surface area contributed by atoms with E-state index >= 15 is 0 Å². The van der Waals surface area contributed by atoms with Gasteiger partial charge in [-0.3, -0.25) is 0 Å². The normalized spacial score (nSPS) is 11.0. The highest BCUT2D eigenvalue weighted by atomic mass is 32.1. The van der Waals surface area contributed by atoms with Crippen molar-refractivity contribution in [1.82, 2.24) is 0 Å². The van der Waals surface area contributed by atoms with Crippen LogP contribution in [-0.2, 0) is 4.74 Å². The lowest BCUT2D eigenvalue weighted by molar-refractivity contribution is 0.0530. The molecule has 7 heteroatoms. The molecule has 0 atom stereocenters. The van der Waals surface area contributed by atoms with E-state index in [2.05, 4.69) is 4.99 Å². The van der Waals surface area contributed by atoms with Gasteiger partial charge in [0.2, 0.25) is 0 Å². The smallest absolute Gasteiger partial charge is 0.341 e. The SMILES string of the molecule is CCOC(=O)c1c(/N=C/c2cc(OC)c(OC)cc2OC)sc2ccccc12. The van der Waals surface area contributed by atoms with Crippen molar-refractivity contribution >= 4 is 38.6 Å². The molecule has 0 aliphatic rings. The Morgan fingerprint density at radius 2 is 1.71 bits per heavy atom. The van der Waals surface area contributed by atoms with Crippen LogP contribution in [0.5, 0.6) is 17.2 Å². The zero-order valence-electron chi connectivity index (χ0n) is 16.1. The van der Waals surface area contributed by atoms with E-state index in [-0.39, 0.29) is 5.97 Å². The van der Waals surface area contributed by atoms with Gasteiger partial charge < -0.3 is 18.9 Å². The molecule has 0 fully saturated rings. The monoisotopic (exact) mass is 399 g/mol. The van der Waals surface area contributed by atoms with Crippen molar-refractivity contribution in [2.45, 2.75) is 6.92 Å². The summed E-state index contributed by atoms with van der Waals surface area (Å²) in [7, 11) is 4.70. The van der Waals surface area contributed by atoms with Gasteiger partial charge >= 0.3 is 5.97 Å². The number of methoxy groups -OCH3 is 3. The number of esters is 1. The number of hydrogen-bond acceptors (Lipinski definition) is 7. The standard InChI is InChI=1S/C21H21NO5S/c1-5-27-21(23)19-14-8-6-7-9-18(14)28-20(19)22-12-13-10-16(25-3)17(26-4)11-15(13)24-2/h6-12H,5H2,1-4H3/b22-12+. The summed E-state index contributed by atoms with van der Waals surface area (Å²) >= 11 is 1.43. The summed E-state index contributed by atoms with van der Waals surface area (Å²) in [6, 6.07) is 11.2. The molecule has 0 amide bonds. The zero-order chi connectivity index (χ0) is 20.1. The van der Waals surface area contributed by atoms with E-state index in [1.54, 1.807) is 46.6 Å². The Bertz CT molecular complexity index is 1030. The van der Waals surface area contributed by atoms with Gasteiger partial charge in [0.1, 0.15) is 16.3 Å². The number of nitrogens with zero attached hydrogens (tertiary/aromatic N) is 1. The fourth-order valence-corrected chi connectivity index (χ4v) is 3.84. The van der Waals surface area contributed by atoms with Crippen LogP contribution in [-0.4, -0.2) is 40.1 Å². The van der Waals surface area contributed by atoms with Gasteiger partial charge in [-0.05, 0) is 19.1 Å². The van der Waals surface area contributed by atoms with Crippen molar-refractivity contribution in [2.75, 3.05) is 27.9 Å². The molecule has 0 aliphatic heterocycles. The maximum absolute atomic E-state index is 12.5. The topological polar surface area (TPSA) is 66.4 Å². The Balaban J connectivity index is 2.09. The molecule has 2 aromatic carbocycles. The fourth-order valence-electron chi connectivity index (χ4n) is 2.81. The second-order valence-electron chi connectivity index (χ2n) is 5.71. The van der Waals surface area contributed by atoms with Gasteiger partial charge in [-0.15, -0.1) is 11.3 Å². The first kappa shape index (κ1) is 19.7. The summed E-state index contributed by atoms with van der Waals surface area (Å²) in [5, 5.41) is 1.41. The van der Waals surface area contributed by atoms with Gasteiger partial charge in [-0.2, -0.15) is 0 Å². The minimum Gasteiger partial charge on any atom is -0.496 e. The number of hydrogen-bond donors (Lipinski definition) is 0. The van der Waals surface area contributed by atoms with Gasteiger partial charge in [-0.1, -0.05) is 18.2 Å². The second kappa shape index (κ2) is 8.75. The molecule has 1 aromatic heterocycles. The first-order valence-electron chi connectivity index (χ1n) is 8.65. The lowest BCUT2D eigenvalue weighted by Crippen LogP contribution is -2.04. The summed E-state index contributed by atoms with van der Waals surface area (Å²) in [5.74, 6) is 1.32. The lowest BCUT2D eigenvalue weighted by atomic mass is 10.1. The molecule has 146 valence electrons. The van der Waals surface area contributed by atoms with Gasteiger partial charge in [0.15, 0.2) is 11.5 Å². The van der Waals surface area contributed by atoms with Crippen LogP contribution in [0.1, 0.15) is 22.8 Å². The maximum atomic E-state index is 12.5. The summed E-state index contributed by atoms with van der Waals surface area (Å²) < 4.78 is 22.3. The first-order chi connectivity index (χ1) is 13.6. The molecule has 0 radical (unpaired) electrons. The molecule has 1 heterocycles. The van der Waals surface area contributed by atoms with Crippen LogP contribution in [0, 0.1) is 0 Å². The van der Waals surface area contributed by atoms with Gasteiger partial charge in [0.25, 0.3) is 0 Å². The Morgan fingerprint density at radius 3 is 2.39 bits per heavy atom. The summed E-state index contributed by atoms with van der Waals surface area (Å²) in [4.78, 5) is 17.1. The number of benzene rings is 2. The average Bonchev–Trinajstić information content (AvgIpc) is 3.10. The van der Waals surface area contributed by atoms with E-state index in [0.717, 1.165) is 10.1 Å². The zero-order valence-corrected chi connectivity index (χ0v) is 17.0. The van der Waals surface area contributed by atoms with Crippen molar-refractivity contribution in [3.63, 3.8) is 0 Å². The van der Waals surface area contributed by atoms with Crippen molar-refractivity contribution in [3.05, 3.63) is 47.5 Å². The molecule has 0 N–H and O–H groups in total. The summed E-state index contributed by atoms with van der Waals surface area (Å²) in [6.45, 7) is 2.08. The van der Waals surface area contributed by atoms with Crippen LogP contribution < -0.4 is 14.2 Å². The van der Waals surface area contributed by atoms with E-state index in [1.165, 1.54) is 11.3 Å². The number of fused-ring (bicyclic) bond motifs is 1. The third-order valence-electron chi connectivity index (χ3n) is 4.11. The highest BCUT2D eigenvalue weighted by Gasteiger charge is 2.20. The van der Waals surface area contributed by atoms with Crippen LogP contribution >= 0.6 is 11.3 Å². The van der Waals surface area contributed by atoms with Crippen molar-refractivity contribution in [2.24, 2.45) is 4.99 Å². The molecule has 0 bridgehead atoms. The van der Waals surface area contributed by atoms with Gasteiger partial charge in [-0.25, -0.2) is 9.79 Å². The molecule has 3 aromatic rings. The van der Waals surface area contributed by atoms with Crippen LogP contribution in [0.15, 0.2) is 41.4 Å². The maximum Gasteiger partial charge on any atom is 0.341 e. The number of aliphatic imine (C=N–C) groups is 1. The quantitative estimate of drug-likeness (QED) is 0.419. The second-order valence-corrected chi connectivity index (χ2v) is 6.74. The van der Waals surface area contributed by atoms with Gasteiger partial charge in [0.05, 0.1) is 27.9 Å². The predicted octanol–water partition coefficient (Wildman–Crippen LogP) is 4.85. The van der Waals surface area contributed by atoms with E-state index in [4.69, 9.17) is 18.9 Å². The van der Waals surface area contributed by atoms with E-state index < -0.39 is 0 Å². The number of rotatable bonds is 7. The lowest BCUT2D eigenvalue weighted by Gasteiger charge is -2.11. The summed E-state index contributed by atoms with van der Waals surface area (Å²) in [6.07, 6.45) is 1.65. The molecule has 28 heavy (non-hydrogen) atoms. The third kappa shape index (κ3) is 3.80. The van der Waals surface area contributed by atoms with Crippen molar-refractivity contribution < 1.29 is 23.7 Å². The largest absolute Gasteiger partial charge is 0.496 e. The summed E-state index contributed by atoms with van der Waals surface area (Å²) in [5.41, 5.74) is 1.17. The van der Waals surface area contributed by atoms with Gasteiger partial charge in [0, 0.05) is 27.9 Å². The molecule has 3 rings (SSSR count). The molecule has 0 aliphatic carbocycles. The van der Waals surface area contributed by atoms with E-state index in [0.29, 0.717) is 40.0 Å². The molecular weight excluding hydrogens is 378 g/mol. The molecule has 0 saturated carbocycles. The van der Waals surface area contributed by atoms with Crippen LogP contribution in [0.25, 0.3) is 10.1 Å². The van der Waals surface area contributed by atoms with Crippen molar-refractivity contribution in [1.29, 1.82) is 0 Å². The van der Waals surface area contributed by atoms with Crippen molar-refractivity contribution in [3.8, 4) is 17.2 Å². The van der Waals surface area contributed by atoms with Crippen LogP contribution in [0.3, 0.4) is 0 Å². The molecule has 0 spiro atoms. The molecular formula is C21H21NO5S. The minimum atomic E-state index is -0.383. The third-order valence-corrected chi connectivity index (χ3v) is 5.19.